The smallest absolute Gasteiger partial charge is 0.133 e. The first kappa shape index (κ1) is 16.8. The Morgan fingerprint density at radius 2 is 2.19 bits per heavy atom. The molecule has 1 fully saturated rings. The van der Waals surface area contributed by atoms with Gasteiger partial charge in [-0.2, -0.15) is 0 Å². The van der Waals surface area contributed by atoms with Crippen molar-refractivity contribution in [1.29, 1.82) is 0 Å². The van der Waals surface area contributed by atoms with Crippen molar-refractivity contribution < 1.29 is 0 Å². The van der Waals surface area contributed by atoms with Crippen molar-refractivity contribution in [3.05, 3.63) is 22.3 Å². The van der Waals surface area contributed by atoms with Crippen LogP contribution in [0.4, 0.5) is 5.82 Å². The van der Waals surface area contributed by atoms with Gasteiger partial charge < -0.3 is 10.2 Å². The summed E-state index contributed by atoms with van der Waals surface area (Å²) in [7, 11) is 2.21. The van der Waals surface area contributed by atoms with Gasteiger partial charge in [0.1, 0.15) is 5.82 Å². The molecule has 21 heavy (non-hydrogen) atoms. The minimum Gasteiger partial charge on any atom is -0.356 e. The average molecular weight is 354 g/mol. The zero-order valence-corrected chi connectivity index (χ0v) is 15.3. The van der Waals surface area contributed by atoms with Crippen molar-refractivity contribution in [3.63, 3.8) is 0 Å². The van der Waals surface area contributed by atoms with Crippen molar-refractivity contribution in [2.24, 2.45) is 5.92 Å². The lowest BCUT2D eigenvalue weighted by Crippen LogP contribution is -2.37. The first-order valence-corrected chi connectivity index (χ1v) is 8.87. The van der Waals surface area contributed by atoms with Crippen molar-refractivity contribution in [2.45, 2.75) is 65.1 Å². The summed E-state index contributed by atoms with van der Waals surface area (Å²) in [5.41, 5.74) is 1.28. The Balaban J connectivity index is 2.16. The Bertz CT molecular complexity index is 461. The zero-order valence-electron chi connectivity index (χ0n) is 13.7. The van der Waals surface area contributed by atoms with Crippen LogP contribution in [-0.2, 0) is 6.54 Å². The van der Waals surface area contributed by atoms with Crippen molar-refractivity contribution in [3.8, 4) is 0 Å². The molecule has 0 radical (unpaired) electrons. The van der Waals surface area contributed by atoms with Crippen molar-refractivity contribution in [1.82, 2.24) is 10.3 Å². The lowest BCUT2D eigenvalue weighted by molar-refractivity contribution is 0.335. The van der Waals surface area contributed by atoms with Gasteiger partial charge in [-0.15, -0.1) is 0 Å². The highest BCUT2D eigenvalue weighted by molar-refractivity contribution is 9.10. The van der Waals surface area contributed by atoms with Crippen LogP contribution in [0.2, 0.25) is 0 Å². The number of hydrogen-bond acceptors (Lipinski definition) is 3. The van der Waals surface area contributed by atoms with Crippen LogP contribution < -0.4 is 10.2 Å². The van der Waals surface area contributed by atoms with E-state index in [0.29, 0.717) is 12.1 Å². The second-order valence-electron chi connectivity index (χ2n) is 6.71. The predicted molar refractivity (Wildman–Crippen MR) is 93.7 cm³/mol. The highest BCUT2D eigenvalue weighted by Gasteiger charge is 2.24. The molecule has 1 heterocycles. The molecular formula is C17H28BrN3. The molecule has 0 bridgehead atoms. The van der Waals surface area contributed by atoms with Crippen LogP contribution >= 0.6 is 15.9 Å². The third-order valence-corrected chi connectivity index (χ3v) is 4.83. The van der Waals surface area contributed by atoms with E-state index >= 15 is 0 Å². The molecule has 1 aliphatic rings. The molecule has 1 N–H and O–H groups in total. The number of pyridine rings is 1. The number of hydrogen-bond donors (Lipinski definition) is 1. The van der Waals surface area contributed by atoms with Gasteiger partial charge in [-0.25, -0.2) is 4.98 Å². The van der Waals surface area contributed by atoms with E-state index in [0.717, 1.165) is 22.8 Å². The summed E-state index contributed by atoms with van der Waals surface area (Å²) in [4.78, 5) is 7.10. The SMILES string of the molecule is CC1CCCC(N(C)c2ncc(Br)cc2CNC(C)C)C1. The fraction of sp³-hybridized carbons (Fsp3) is 0.706. The quantitative estimate of drug-likeness (QED) is 0.852. The van der Waals surface area contributed by atoms with Crippen molar-refractivity contribution in [2.75, 3.05) is 11.9 Å². The summed E-state index contributed by atoms with van der Waals surface area (Å²) in [6, 6.07) is 3.30. The Labute approximate surface area is 137 Å². The number of aromatic nitrogens is 1. The van der Waals surface area contributed by atoms with E-state index in [4.69, 9.17) is 4.98 Å². The molecule has 2 atom stereocenters. The minimum absolute atomic E-state index is 0.483. The molecule has 118 valence electrons. The van der Waals surface area contributed by atoms with Crippen molar-refractivity contribution >= 4 is 21.7 Å². The molecule has 1 aliphatic carbocycles. The fourth-order valence-corrected chi connectivity index (χ4v) is 3.54. The maximum Gasteiger partial charge on any atom is 0.133 e. The maximum absolute atomic E-state index is 4.70. The summed E-state index contributed by atoms with van der Waals surface area (Å²) in [6.07, 6.45) is 7.20. The molecule has 2 rings (SSSR count). The van der Waals surface area contributed by atoms with Crippen LogP contribution in [0.3, 0.4) is 0 Å². The van der Waals surface area contributed by atoms with Crippen LogP contribution in [-0.4, -0.2) is 24.1 Å². The number of anilines is 1. The standard InChI is InChI=1S/C17H28BrN3/c1-12(2)19-10-14-9-15(18)11-20-17(14)21(4)16-7-5-6-13(3)8-16/h9,11-13,16,19H,5-8,10H2,1-4H3. The normalized spacial score (nSPS) is 22.6. The van der Waals surface area contributed by atoms with Gasteiger partial charge >= 0.3 is 0 Å². The van der Waals surface area contributed by atoms with E-state index in [2.05, 4.69) is 60.0 Å². The topological polar surface area (TPSA) is 28.2 Å². The molecule has 2 unspecified atom stereocenters. The van der Waals surface area contributed by atoms with Gasteiger partial charge in [0, 0.05) is 41.9 Å². The summed E-state index contributed by atoms with van der Waals surface area (Å²) in [5.74, 6) is 1.96. The molecule has 0 amide bonds. The van der Waals surface area contributed by atoms with Crippen LogP contribution in [0.1, 0.15) is 52.0 Å². The van der Waals surface area contributed by atoms with Gasteiger partial charge in [-0.3, -0.25) is 0 Å². The van der Waals surface area contributed by atoms with E-state index in [1.165, 1.54) is 31.2 Å². The van der Waals surface area contributed by atoms with Crippen LogP contribution in [0.15, 0.2) is 16.7 Å². The van der Waals surface area contributed by atoms with E-state index < -0.39 is 0 Å². The Morgan fingerprint density at radius 3 is 2.86 bits per heavy atom. The van der Waals surface area contributed by atoms with Gasteiger partial charge in [0.15, 0.2) is 0 Å². The number of halogens is 1. The molecule has 0 saturated heterocycles. The van der Waals surface area contributed by atoms with Gasteiger partial charge in [0.05, 0.1) is 0 Å². The summed E-state index contributed by atoms with van der Waals surface area (Å²) in [6.45, 7) is 7.59. The maximum atomic E-state index is 4.70. The first-order chi connectivity index (χ1) is 9.97. The molecule has 0 aromatic carbocycles. The fourth-order valence-electron chi connectivity index (χ4n) is 3.16. The largest absolute Gasteiger partial charge is 0.356 e. The van der Waals surface area contributed by atoms with E-state index in [9.17, 15) is 0 Å². The lowest BCUT2D eigenvalue weighted by atomic mass is 9.86. The molecule has 0 spiro atoms. The molecule has 1 aromatic rings. The van der Waals surface area contributed by atoms with Gasteiger partial charge in [-0.05, 0) is 40.8 Å². The first-order valence-electron chi connectivity index (χ1n) is 8.08. The third-order valence-electron chi connectivity index (χ3n) is 4.40. The Hall–Kier alpha value is -0.610. The monoisotopic (exact) mass is 353 g/mol. The lowest BCUT2D eigenvalue weighted by Gasteiger charge is -2.36. The molecule has 1 saturated carbocycles. The summed E-state index contributed by atoms with van der Waals surface area (Å²) >= 11 is 3.55. The molecule has 1 aromatic heterocycles. The number of nitrogens with zero attached hydrogens (tertiary/aromatic N) is 2. The zero-order chi connectivity index (χ0) is 15.4. The number of nitrogens with one attached hydrogen (secondary N) is 1. The molecule has 4 heteroatoms. The van der Waals surface area contributed by atoms with Crippen LogP contribution in [0.5, 0.6) is 0 Å². The highest BCUT2D eigenvalue weighted by Crippen LogP contribution is 2.31. The Morgan fingerprint density at radius 1 is 1.43 bits per heavy atom. The molecule has 3 nitrogen and oxygen atoms in total. The van der Waals surface area contributed by atoms with E-state index in [-0.39, 0.29) is 0 Å². The van der Waals surface area contributed by atoms with Gasteiger partial charge in [-0.1, -0.05) is 33.6 Å². The number of rotatable bonds is 5. The second-order valence-corrected chi connectivity index (χ2v) is 7.62. The summed E-state index contributed by atoms with van der Waals surface area (Å²) in [5, 5.41) is 3.51. The van der Waals surface area contributed by atoms with E-state index in [1.54, 1.807) is 0 Å². The highest BCUT2D eigenvalue weighted by atomic mass is 79.9. The van der Waals surface area contributed by atoms with Gasteiger partial charge in [0.25, 0.3) is 0 Å². The van der Waals surface area contributed by atoms with Crippen LogP contribution in [0.25, 0.3) is 0 Å². The summed E-state index contributed by atoms with van der Waals surface area (Å²) < 4.78 is 1.05. The van der Waals surface area contributed by atoms with Gasteiger partial charge in [0.2, 0.25) is 0 Å². The molecule has 0 aliphatic heterocycles. The third kappa shape index (κ3) is 4.68. The average Bonchev–Trinajstić information content (AvgIpc) is 2.44. The Kier molecular flexibility index (Phi) is 6.06. The second kappa shape index (κ2) is 7.59. The minimum atomic E-state index is 0.483. The van der Waals surface area contributed by atoms with E-state index in [1.807, 2.05) is 6.20 Å². The van der Waals surface area contributed by atoms with Crippen LogP contribution in [0, 0.1) is 5.92 Å². The molecular weight excluding hydrogens is 326 g/mol. The predicted octanol–water partition coefficient (Wildman–Crippen LogP) is 4.36.